The van der Waals surface area contributed by atoms with E-state index in [-0.39, 0.29) is 12.1 Å². The van der Waals surface area contributed by atoms with Gasteiger partial charge in [-0.1, -0.05) is 11.6 Å². The van der Waals surface area contributed by atoms with Crippen LogP contribution >= 0.6 is 11.6 Å². The molecule has 0 aliphatic carbocycles. The summed E-state index contributed by atoms with van der Waals surface area (Å²) in [6.07, 6.45) is 4.65. The van der Waals surface area contributed by atoms with Crippen molar-refractivity contribution in [1.82, 2.24) is 20.1 Å². The predicted molar refractivity (Wildman–Crippen MR) is 95.1 cm³/mol. The predicted octanol–water partition coefficient (Wildman–Crippen LogP) is 3.51. The highest BCUT2D eigenvalue weighted by Crippen LogP contribution is 2.37. The summed E-state index contributed by atoms with van der Waals surface area (Å²) in [7, 11) is 1.99. The maximum atomic E-state index is 6.25. The minimum absolute atomic E-state index is 0.117. The summed E-state index contributed by atoms with van der Waals surface area (Å²) in [5.74, 6) is 0.440. The third-order valence-corrected chi connectivity index (χ3v) is 5.34. The lowest BCUT2D eigenvalue weighted by molar-refractivity contribution is 0.0888. The Morgan fingerprint density at radius 3 is 2.92 bits per heavy atom. The summed E-state index contributed by atoms with van der Waals surface area (Å²) in [6.45, 7) is 7.99. The molecule has 130 valence electrons. The van der Waals surface area contributed by atoms with Gasteiger partial charge in [0.05, 0.1) is 16.8 Å². The van der Waals surface area contributed by atoms with E-state index in [0.717, 1.165) is 30.8 Å². The highest BCUT2D eigenvalue weighted by atomic mass is 35.5. The smallest absolute Gasteiger partial charge is 0.0901 e. The second-order valence-electron chi connectivity index (χ2n) is 6.58. The zero-order valence-corrected chi connectivity index (χ0v) is 15.5. The Labute approximate surface area is 148 Å². The molecule has 0 amide bonds. The van der Waals surface area contributed by atoms with Crippen molar-refractivity contribution in [3.05, 3.63) is 46.0 Å². The lowest BCUT2D eigenvalue weighted by Gasteiger charge is -2.22. The summed E-state index contributed by atoms with van der Waals surface area (Å²) in [6, 6.07) is 2.15. The number of hydrogen-bond acceptors (Lipinski definition) is 4. The van der Waals surface area contributed by atoms with Crippen molar-refractivity contribution in [3.63, 3.8) is 0 Å². The van der Waals surface area contributed by atoms with Crippen LogP contribution in [-0.4, -0.2) is 27.9 Å². The molecule has 24 heavy (non-hydrogen) atoms. The number of pyridine rings is 1. The van der Waals surface area contributed by atoms with Crippen molar-refractivity contribution in [2.24, 2.45) is 13.0 Å². The van der Waals surface area contributed by atoms with Gasteiger partial charge < -0.3 is 10.1 Å². The molecular weight excluding hydrogens is 324 g/mol. The molecule has 1 aliphatic heterocycles. The van der Waals surface area contributed by atoms with Gasteiger partial charge in [0, 0.05) is 55.8 Å². The first-order chi connectivity index (χ1) is 11.5. The van der Waals surface area contributed by atoms with E-state index in [4.69, 9.17) is 16.3 Å². The summed E-state index contributed by atoms with van der Waals surface area (Å²) in [5.41, 5.74) is 4.58. The zero-order valence-electron chi connectivity index (χ0n) is 14.7. The average Bonchev–Trinajstić information content (AvgIpc) is 3.10. The van der Waals surface area contributed by atoms with Crippen molar-refractivity contribution >= 4 is 11.6 Å². The normalized spacial score (nSPS) is 22.0. The standard InChI is InChI=1S/C18H25ClN4O/c1-11(15-5-7-20-10-16(15)19)21-9-14-6-8-24-18(14)17-12(2)22-23(4)13(17)3/h5,7,10-11,14,18,21H,6,8-9H2,1-4H3/t11?,14-,18+/m1/s1. The molecule has 0 bridgehead atoms. The average molecular weight is 349 g/mol. The van der Waals surface area contributed by atoms with Gasteiger partial charge in [0.2, 0.25) is 0 Å². The molecule has 5 nitrogen and oxygen atoms in total. The Morgan fingerprint density at radius 1 is 1.46 bits per heavy atom. The second kappa shape index (κ2) is 7.21. The number of nitrogens with one attached hydrogen (secondary N) is 1. The maximum absolute atomic E-state index is 6.25. The van der Waals surface area contributed by atoms with Crippen LogP contribution in [0.5, 0.6) is 0 Å². The number of nitrogens with zero attached hydrogens (tertiary/aromatic N) is 3. The number of aryl methyl sites for hydroxylation is 2. The summed E-state index contributed by atoms with van der Waals surface area (Å²) >= 11 is 6.25. The molecule has 1 aliphatic rings. The van der Waals surface area contributed by atoms with Crippen LogP contribution in [0.15, 0.2) is 18.5 Å². The molecule has 1 saturated heterocycles. The van der Waals surface area contributed by atoms with Crippen LogP contribution in [0.25, 0.3) is 0 Å². The molecule has 1 unspecified atom stereocenters. The van der Waals surface area contributed by atoms with Gasteiger partial charge in [-0.25, -0.2) is 0 Å². The largest absolute Gasteiger partial charge is 0.373 e. The van der Waals surface area contributed by atoms with E-state index < -0.39 is 0 Å². The SMILES string of the molecule is Cc1nn(C)c(C)c1[C@H]1OCC[C@@H]1CNC(C)c1ccncc1Cl. The van der Waals surface area contributed by atoms with Gasteiger partial charge in [-0.3, -0.25) is 9.67 Å². The molecule has 0 saturated carbocycles. The molecule has 1 N–H and O–H groups in total. The Kier molecular flexibility index (Phi) is 5.23. The Balaban J connectivity index is 1.70. The fourth-order valence-corrected chi connectivity index (χ4v) is 3.82. The monoisotopic (exact) mass is 348 g/mol. The van der Waals surface area contributed by atoms with E-state index in [2.05, 4.69) is 36.2 Å². The van der Waals surface area contributed by atoms with Crippen LogP contribution < -0.4 is 5.32 Å². The number of rotatable bonds is 5. The number of ether oxygens (including phenoxy) is 1. The third-order valence-electron chi connectivity index (χ3n) is 5.02. The number of aromatic nitrogens is 3. The van der Waals surface area contributed by atoms with Crippen LogP contribution in [0.4, 0.5) is 0 Å². The molecule has 6 heteroatoms. The molecule has 3 heterocycles. The van der Waals surface area contributed by atoms with Gasteiger partial charge in [0.1, 0.15) is 0 Å². The first-order valence-electron chi connectivity index (χ1n) is 8.43. The molecular formula is C18H25ClN4O. The van der Waals surface area contributed by atoms with Gasteiger partial charge in [0.15, 0.2) is 0 Å². The fraction of sp³-hybridized carbons (Fsp3) is 0.556. The molecule has 3 atom stereocenters. The zero-order chi connectivity index (χ0) is 17.3. The summed E-state index contributed by atoms with van der Waals surface area (Å²) in [4.78, 5) is 4.05. The number of halogens is 1. The molecule has 2 aromatic heterocycles. The lowest BCUT2D eigenvalue weighted by Crippen LogP contribution is -2.28. The lowest BCUT2D eigenvalue weighted by atomic mass is 9.93. The summed E-state index contributed by atoms with van der Waals surface area (Å²) in [5, 5.41) is 8.85. The highest BCUT2D eigenvalue weighted by Gasteiger charge is 2.33. The van der Waals surface area contributed by atoms with Crippen molar-refractivity contribution < 1.29 is 4.74 Å². The van der Waals surface area contributed by atoms with Gasteiger partial charge >= 0.3 is 0 Å². The van der Waals surface area contributed by atoms with E-state index in [1.165, 1.54) is 11.3 Å². The Hall–Kier alpha value is -1.43. The highest BCUT2D eigenvalue weighted by molar-refractivity contribution is 6.31. The van der Waals surface area contributed by atoms with Gasteiger partial charge in [-0.2, -0.15) is 5.10 Å². The minimum atomic E-state index is 0.117. The van der Waals surface area contributed by atoms with Crippen LogP contribution in [0.3, 0.4) is 0 Å². The van der Waals surface area contributed by atoms with Crippen LogP contribution in [0, 0.1) is 19.8 Å². The quantitative estimate of drug-likeness (QED) is 0.898. The fourth-order valence-electron chi connectivity index (χ4n) is 3.54. The van der Waals surface area contributed by atoms with Crippen molar-refractivity contribution in [3.8, 4) is 0 Å². The van der Waals surface area contributed by atoms with E-state index in [9.17, 15) is 0 Å². The van der Waals surface area contributed by atoms with E-state index in [1.54, 1.807) is 12.4 Å². The maximum Gasteiger partial charge on any atom is 0.0901 e. The van der Waals surface area contributed by atoms with E-state index in [0.29, 0.717) is 10.9 Å². The summed E-state index contributed by atoms with van der Waals surface area (Å²) < 4.78 is 8.00. The van der Waals surface area contributed by atoms with Crippen LogP contribution in [0.1, 0.15) is 48.0 Å². The van der Waals surface area contributed by atoms with Gasteiger partial charge in [-0.15, -0.1) is 0 Å². The van der Waals surface area contributed by atoms with Crippen LogP contribution in [0.2, 0.25) is 5.02 Å². The topological polar surface area (TPSA) is 52.0 Å². The van der Waals surface area contributed by atoms with Crippen molar-refractivity contribution in [2.45, 2.75) is 39.3 Å². The first kappa shape index (κ1) is 17.4. The minimum Gasteiger partial charge on any atom is -0.373 e. The molecule has 0 radical (unpaired) electrons. The number of hydrogen-bond donors (Lipinski definition) is 1. The third kappa shape index (κ3) is 3.34. The Morgan fingerprint density at radius 2 is 2.25 bits per heavy atom. The van der Waals surface area contributed by atoms with Crippen molar-refractivity contribution in [2.75, 3.05) is 13.2 Å². The van der Waals surface area contributed by atoms with E-state index in [1.807, 2.05) is 17.8 Å². The van der Waals surface area contributed by atoms with Gasteiger partial charge in [-0.05, 0) is 38.8 Å². The molecule has 0 aromatic carbocycles. The van der Waals surface area contributed by atoms with Crippen molar-refractivity contribution in [1.29, 1.82) is 0 Å². The second-order valence-corrected chi connectivity index (χ2v) is 6.98. The Bertz CT molecular complexity index is 715. The molecule has 0 spiro atoms. The molecule has 3 rings (SSSR count). The van der Waals surface area contributed by atoms with E-state index >= 15 is 0 Å². The van der Waals surface area contributed by atoms with Gasteiger partial charge in [0.25, 0.3) is 0 Å². The first-order valence-corrected chi connectivity index (χ1v) is 8.81. The molecule has 2 aromatic rings. The molecule has 1 fully saturated rings. The van der Waals surface area contributed by atoms with Crippen LogP contribution in [-0.2, 0) is 11.8 Å².